The molecule has 1 N–H and O–H groups in total. The van der Waals surface area contributed by atoms with Gasteiger partial charge < -0.3 is 19.3 Å². The monoisotopic (exact) mass is 416 g/mol. The van der Waals surface area contributed by atoms with Crippen molar-refractivity contribution in [2.75, 3.05) is 0 Å². The number of aliphatic carboxylic acids is 1. The van der Waals surface area contributed by atoms with E-state index in [-0.39, 0.29) is 25.2 Å². The molecule has 168 valence electrons. The van der Waals surface area contributed by atoms with Crippen LogP contribution in [0.25, 0.3) is 0 Å². The van der Waals surface area contributed by atoms with Crippen molar-refractivity contribution < 1.29 is 38.5 Å². The molecular weight excluding hydrogens is 380 g/mol. The van der Waals surface area contributed by atoms with E-state index in [2.05, 4.69) is 0 Å². The summed E-state index contributed by atoms with van der Waals surface area (Å²) in [6, 6.07) is 0. The lowest BCUT2D eigenvalue weighted by Crippen LogP contribution is -2.34. The van der Waals surface area contributed by atoms with Gasteiger partial charge >= 0.3 is 23.9 Å². The summed E-state index contributed by atoms with van der Waals surface area (Å²) >= 11 is 0. The maximum Gasteiger partial charge on any atom is 0.315 e. The van der Waals surface area contributed by atoms with Gasteiger partial charge in [0.2, 0.25) is 6.29 Å². The molecule has 0 saturated heterocycles. The fourth-order valence-electron chi connectivity index (χ4n) is 2.81. The fraction of sp³-hybridized carbons (Fsp3) is 0.810. The van der Waals surface area contributed by atoms with E-state index in [4.69, 9.17) is 19.3 Å². The normalized spacial score (nSPS) is 13.8. The SMILES string of the molecule is CCCC(=O)OC(C)OC(=O)C(CCCCCCC(=O)O)C(C)OC(=O)CCC. The molecule has 0 amide bonds. The Labute approximate surface area is 173 Å². The van der Waals surface area contributed by atoms with Crippen molar-refractivity contribution in [3.05, 3.63) is 0 Å². The van der Waals surface area contributed by atoms with Crippen LogP contribution in [-0.2, 0) is 33.4 Å². The molecule has 0 aromatic heterocycles. The zero-order chi connectivity index (χ0) is 22.2. The predicted molar refractivity (Wildman–Crippen MR) is 106 cm³/mol. The lowest BCUT2D eigenvalue weighted by atomic mass is 9.95. The Bertz CT molecular complexity index is 517. The summed E-state index contributed by atoms with van der Waals surface area (Å²) < 4.78 is 15.7. The number of ether oxygens (including phenoxy) is 3. The number of carbonyl (C=O) groups excluding carboxylic acids is 3. The zero-order valence-electron chi connectivity index (χ0n) is 18.1. The number of carbonyl (C=O) groups is 4. The van der Waals surface area contributed by atoms with Gasteiger partial charge in [0.25, 0.3) is 0 Å². The largest absolute Gasteiger partial charge is 0.481 e. The summed E-state index contributed by atoms with van der Waals surface area (Å²) in [5.41, 5.74) is 0. The summed E-state index contributed by atoms with van der Waals surface area (Å²) in [5.74, 6) is -2.90. The van der Waals surface area contributed by atoms with Gasteiger partial charge in [-0.05, 0) is 32.6 Å². The Balaban J connectivity index is 4.74. The average Bonchev–Trinajstić information content (AvgIpc) is 2.60. The van der Waals surface area contributed by atoms with Crippen LogP contribution in [0.4, 0.5) is 0 Å². The van der Waals surface area contributed by atoms with E-state index in [1.165, 1.54) is 6.92 Å². The van der Waals surface area contributed by atoms with Gasteiger partial charge in [0.15, 0.2) is 0 Å². The van der Waals surface area contributed by atoms with Gasteiger partial charge in [-0.2, -0.15) is 0 Å². The highest BCUT2D eigenvalue weighted by Gasteiger charge is 2.30. The van der Waals surface area contributed by atoms with Crippen LogP contribution in [0.5, 0.6) is 0 Å². The lowest BCUT2D eigenvalue weighted by Gasteiger charge is -2.24. The molecule has 0 aromatic rings. The summed E-state index contributed by atoms with van der Waals surface area (Å²) in [7, 11) is 0. The van der Waals surface area contributed by atoms with Gasteiger partial charge in [-0.1, -0.05) is 33.1 Å². The van der Waals surface area contributed by atoms with Gasteiger partial charge in [0.05, 0.1) is 5.92 Å². The highest BCUT2D eigenvalue weighted by atomic mass is 16.7. The quantitative estimate of drug-likeness (QED) is 0.228. The number of unbranched alkanes of at least 4 members (excludes halogenated alkanes) is 3. The van der Waals surface area contributed by atoms with E-state index >= 15 is 0 Å². The van der Waals surface area contributed by atoms with Crippen LogP contribution in [0.3, 0.4) is 0 Å². The summed E-state index contributed by atoms with van der Waals surface area (Å²) in [5, 5.41) is 8.67. The first kappa shape index (κ1) is 26.9. The molecule has 0 bridgehead atoms. The van der Waals surface area contributed by atoms with Crippen molar-refractivity contribution in [3.63, 3.8) is 0 Å². The maximum atomic E-state index is 12.6. The van der Waals surface area contributed by atoms with E-state index in [1.54, 1.807) is 6.92 Å². The Kier molecular flexibility index (Phi) is 14.6. The van der Waals surface area contributed by atoms with Gasteiger partial charge in [-0.15, -0.1) is 0 Å². The molecule has 0 aliphatic carbocycles. The molecular formula is C21H36O8. The molecule has 8 nitrogen and oxygen atoms in total. The van der Waals surface area contributed by atoms with E-state index in [1.807, 2.05) is 13.8 Å². The Hall–Kier alpha value is -2.12. The average molecular weight is 417 g/mol. The minimum atomic E-state index is -1.02. The highest BCUT2D eigenvalue weighted by molar-refractivity contribution is 5.75. The Morgan fingerprint density at radius 3 is 1.86 bits per heavy atom. The molecule has 0 heterocycles. The van der Waals surface area contributed by atoms with Crippen molar-refractivity contribution in [1.82, 2.24) is 0 Å². The fourth-order valence-corrected chi connectivity index (χ4v) is 2.81. The second kappa shape index (κ2) is 15.8. The van der Waals surface area contributed by atoms with Crippen molar-refractivity contribution in [1.29, 1.82) is 0 Å². The molecule has 0 radical (unpaired) electrons. The third-order valence-electron chi connectivity index (χ3n) is 4.33. The van der Waals surface area contributed by atoms with Gasteiger partial charge in [-0.3, -0.25) is 19.2 Å². The second-order valence-corrected chi connectivity index (χ2v) is 7.14. The Morgan fingerprint density at radius 2 is 1.31 bits per heavy atom. The number of hydrogen-bond donors (Lipinski definition) is 1. The third-order valence-corrected chi connectivity index (χ3v) is 4.33. The standard InChI is InChI=1S/C21H36O8/c1-5-11-19(24)27-15(3)17(13-9-7-8-10-14-18(22)23)21(26)29-16(4)28-20(25)12-6-2/h15-17H,5-14H2,1-4H3,(H,22,23). The molecule has 0 fully saturated rings. The first-order valence-electron chi connectivity index (χ1n) is 10.5. The van der Waals surface area contributed by atoms with E-state index in [0.717, 1.165) is 12.8 Å². The van der Waals surface area contributed by atoms with Crippen LogP contribution in [0, 0.1) is 5.92 Å². The van der Waals surface area contributed by atoms with Crippen molar-refractivity contribution in [2.45, 2.75) is 104 Å². The molecule has 0 spiro atoms. The second-order valence-electron chi connectivity index (χ2n) is 7.14. The highest BCUT2D eigenvalue weighted by Crippen LogP contribution is 2.21. The molecule has 3 unspecified atom stereocenters. The lowest BCUT2D eigenvalue weighted by molar-refractivity contribution is -0.190. The van der Waals surface area contributed by atoms with Crippen molar-refractivity contribution in [2.24, 2.45) is 5.92 Å². The number of hydrogen-bond acceptors (Lipinski definition) is 7. The minimum Gasteiger partial charge on any atom is -0.481 e. The van der Waals surface area contributed by atoms with Crippen LogP contribution in [0.15, 0.2) is 0 Å². The summed E-state index contributed by atoms with van der Waals surface area (Å²) in [6.07, 6.45) is 3.41. The molecule has 0 aliphatic heterocycles. The number of carboxylic acid groups (broad SMARTS) is 1. The zero-order valence-corrected chi connectivity index (χ0v) is 18.1. The van der Waals surface area contributed by atoms with Crippen LogP contribution in [0.1, 0.15) is 91.9 Å². The van der Waals surface area contributed by atoms with E-state index in [0.29, 0.717) is 32.1 Å². The van der Waals surface area contributed by atoms with Crippen molar-refractivity contribution >= 4 is 23.9 Å². The van der Waals surface area contributed by atoms with E-state index < -0.39 is 36.2 Å². The molecule has 0 rings (SSSR count). The smallest absolute Gasteiger partial charge is 0.315 e. The summed E-state index contributed by atoms with van der Waals surface area (Å²) in [4.78, 5) is 46.5. The molecule has 29 heavy (non-hydrogen) atoms. The number of esters is 3. The van der Waals surface area contributed by atoms with Gasteiger partial charge in [0.1, 0.15) is 6.10 Å². The molecule has 3 atom stereocenters. The summed E-state index contributed by atoms with van der Waals surface area (Å²) in [6.45, 7) is 6.83. The van der Waals surface area contributed by atoms with E-state index in [9.17, 15) is 19.2 Å². The third kappa shape index (κ3) is 13.7. The molecule has 8 heteroatoms. The maximum absolute atomic E-state index is 12.6. The van der Waals surface area contributed by atoms with Crippen LogP contribution < -0.4 is 0 Å². The van der Waals surface area contributed by atoms with Gasteiger partial charge in [-0.25, -0.2) is 0 Å². The molecule has 0 aromatic carbocycles. The minimum absolute atomic E-state index is 0.122. The first-order valence-corrected chi connectivity index (χ1v) is 10.5. The molecule has 0 aliphatic rings. The molecule has 0 saturated carbocycles. The number of rotatable bonds is 16. The van der Waals surface area contributed by atoms with Crippen molar-refractivity contribution in [3.8, 4) is 0 Å². The van der Waals surface area contributed by atoms with Crippen LogP contribution in [-0.4, -0.2) is 41.4 Å². The number of carboxylic acids is 1. The van der Waals surface area contributed by atoms with Gasteiger partial charge in [0, 0.05) is 26.2 Å². The Morgan fingerprint density at radius 1 is 0.759 bits per heavy atom. The predicted octanol–water partition coefficient (Wildman–Crippen LogP) is 3.99. The van der Waals surface area contributed by atoms with Crippen LogP contribution >= 0.6 is 0 Å². The first-order chi connectivity index (χ1) is 13.7. The topological polar surface area (TPSA) is 116 Å². The van der Waals surface area contributed by atoms with Crippen LogP contribution in [0.2, 0.25) is 0 Å².